The first-order valence-corrected chi connectivity index (χ1v) is 12.3. The minimum absolute atomic E-state index is 0.00926. The summed E-state index contributed by atoms with van der Waals surface area (Å²) in [5.74, 6) is -1.22. The second-order valence-corrected chi connectivity index (χ2v) is 9.87. The molecule has 1 N–H and O–H groups in total. The van der Waals surface area contributed by atoms with Gasteiger partial charge in [0.2, 0.25) is 17.7 Å². The van der Waals surface area contributed by atoms with Gasteiger partial charge in [0.25, 0.3) is 5.91 Å². The van der Waals surface area contributed by atoms with Crippen LogP contribution >= 0.6 is 0 Å². The maximum absolute atomic E-state index is 13.0. The van der Waals surface area contributed by atoms with Crippen LogP contribution in [-0.2, 0) is 38.8 Å². The van der Waals surface area contributed by atoms with Crippen molar-refractivity contribution in [2.75, 3.05) is 0 Å². The Kier molecular flexibility index (Phi) is 6.95. The molecule has 2 saturated heterocycles. The molecule has 10 radical (unpaired) electrons. The highest BCUT2D eigenvalue weighted by molar-refractivity contribution is 6.55. The van der Waals surface area contributed by atoms with E-state index in [1.54, 1.807) is 42.5 Å². The average Bonchev–Trinajstić information content (AvgIpc) is 3.21. The highest BCUT2D eigenvalue weighted by Gasteiger charge is 2.49. The normalized spacial score (nSPS) is 23.9. The van der Waals surface area contributed by atoms with Crippen LogP contribution in [0.1, 0.15) is 39.9 Å². The number of carbonyl (C=O) groups excluding carboxylic acids is 4. The van der Waals surface area contributed by atoms with Gasteiger partial charge in [0, 0.05) is 24.1 Å². The predicted molar refractivity (Wildman–Crippen MR) is 143 cm³/mol. The second-order valence-electron chi connectivity index (χ2n) is 9.87. The molecule has 2 atom stereocenters. The summed E-state index contributed by atoms with van der Waals surface area (Å²) >= 11 is 0. The van der Waals surface area contributed by atoms with Crippen molar-refractivity contribution in [3.05, 3.63) is 64.7 Å². The van der Waals surface area contributed by atoms with Crippen molar-refractivity contribution in [1.82, 2.24) is 15.1 Å². The van der Waals surface area contributed by atoms with Crippen LogP contribution < -0.4 is 10.1 Å². The van der Waals surface area contributed by atoms with Gasteiger partial charge in [-0.25, -0.2) is 0 Å². The molecule has 4 amide bonds. The van der Waals surface area contributed by atoms with Crippen LogP contribution in [0, 0.1) is 0 Å². The van der Waals surface area contributed by atoms with E-state index >= 15 is 0 Å². The number of hydrogen-bond acceptors (Lipinski definition) is 6. The molecule has 0 bridgehead atoms. The maximum Gasteiger partial charge on any atom is 0.255 e. The molecular formula is C25H20B5N3O6. The third kappa shape index (κ3) is 4.90. The first-order valence-electron chi connectivity index (χ1n) is 12.3. The number of morpholine rings is 1. The Morgan fingerprint density at radius 1 is 1.00 bits per heavy atom. The first-order chi connectivity index (χ1) is 18.4. The fourth-order valence-electron chi connectivity index (χ4n) is 4.89. The van der Waals surface area contributed by atoms with Crippen molar-refractivity contribution in [2.24, 2.45) is 0 Å². The van der Waals surface area contributed by atoms with Gasteiger partial charge in [0.15, 0.2) is 0 Å². The van der Waals surface area contributed by atoms with Crippen LogP contribution in [0.15, 0.2) is 42.5 Å². The van der Waals surface area contributed by atoms with Crippen LogP contribution in [0.25, 0.3) is 0 Å². The lowest BCUT2D eigenvalue weighted by Gasteiger charge is -2.57. The zero-order chi connectivity index (χ0) is 28.1. The molecule has 2 fully saturated rings. The largest absolute Gasteiger partial charge is 0.489 e. The molecule has 0 spiro atoms. The molecule has 3 aliphatic rings. The molecule has 186 valence electrons. The number of fused-ring (bicyclic) bond motifs is 1. The highest BCUT2D eigenvalue weighted by Crippen LogP contribution is 2.34. The number of hydrogen-bond donors (Lipinski definition) is 1. The highest BCUT2D eigenvalue weighted by atomic mass is 16.5. The minimum atomic E-state index is -2.06. The summed E-state index contributed by atoms with van der Waals surface area (Å²) in [4.78, 5) is 51.9. The van der Waals surface area contributed by atoms with Crippen LogP contribution in [-0.4, -0.2) is 95.4 Å². The molecule has 5 rings (SSSR count). The van der Waals surface area contributed by atoms with Crippen molar-refractivity contribution in [2.45, 2.75) is 55.3 Å². The SMILES string of the molecule is [B]C1OC([B])([B])C([B])([B])N(Cc2ccc(COc3cccc4c3CN(C3CCC(=O)NC3=O)C4=O)cc2)C1=O. The van der Waals surface area contributed by atoms with Gasteiger partial charge in [0.1, 0.15) is 41.9 Å². The number of benzene rings is 2. The van der Waals surface area contributed by atoms with E-state index in [2.05, 4.69) is 5.32 Å². The summed E-state index contributed by atoms with van der Waals surface area (Å²) in [6, 6.07) is 10.2. The van der Waals surface area contributed by atoms with E-state index in [4.69, 9.17) is 48.7 Å². The number of nitrogens with zero attached hydrogens (tertiary/aromatic N) is 2. The Morgan fingerprint density at radius 2 is 1.69 bits per heavy atom. The number of nitrogens with one attached hydrogen (secondary N) is 1. The molecule has 3 heterocycles. The first kappa shape index (κ1) is 27.2. The zero-order valence-electron chi connectivity index (χ0n) is 21.0. The molecule has 0 saturated carbocycles. The van der Waals surface area contributed by atoms with Gasteiger partial charge in [0.05, 0.1) is 28.2 Å². The Balaban J connectivity index is 1.25. The van der Waals surface area contributed by atoms with Crippen LogP contribution in [0.4, 0.5) is 0 Å². The van der Waals surface area contributed by atoms with E-state index in [0.29, 0.717) is 22.4 Å². The summed E-state index contributed by atoms with van der Waals surface area (Å²) in [7, 11) is 29.4. The van der Waals surface area contributed by atoms with Crippen molar-refractivity contribution >= 4 is 62.9 Å². The van der Waals surface area contributed by atoms with Crippen molar-refractivity contribution in [1.29, 1.82) is 0 Å². The van der Waals surface area contributed by atoms with Gasteiger partial charge in [-0.3, -0.25) is 24.5 Å². The summed E-state index contributed by atoms with van der Waals surface area (Å²) in [6.45, 7) is 0.386. The van der Waals surface area contributed by atoms with Gasteiger partial charge in [-0.05, 0) is 40.4 Å². The van der Waals surface area contributed by atoms with E-state index in [1.807, 2.05) is 0 Å². The molecule has 2 aromatic carbocycles. The van der Waals surface area contributed by atoms with Crippen LogP contribution in [0.3, 0.4) is 0 Å². The number of carbonyl (C=O) groups is 4. The Bertz CT molecular complexity index is 1350. The molecule has 2 unspecified atom stereocenters. The number of rotatable bonds is 6. The zero-order valence-corrected chi connectivity index (χ0v) is 21.0. The van der Waals surface area contributed by atoms with Crippen molar-refractivity contribution in [3.63, 3.8) is 0 Å². The van der Waals surface area contributed by atoms with E-state index in [0.717, 1.165) is 10.5 Å². The summed E-state index contributed by atoms with van der Waals surface area (Å²) in [5.41, 5.74) is 2.64. The standard InChI is InChI=1S/C25H20B5N3O6/c26-20-23(37)33(24(27,28)25(29,30)39-20)10-13-4-6-14(7-5-13)12-38-18-3-1-2-15-16(18)11-32(22(15)36)17-8-9-19(34)31-21(17)35/h1-7,17,20H,8-12H2,(H,31,34,35). The number of ether oxygens (including phenoxy) is 2. The predicted octanol–water partition coefficient (Wildman–Crippen LogP) is -1.14. The van der Waals surface area contributed by atoms with E-state index < -0.39 is 34.6 Å². The fraction of sp³-hybridized carbons (Fsp3) is 0.360. The third-order valence-corrected chi connectivity index (χ3v) is 7.20. The number of imide groups is 1. The van der Waals surface area contributed by atoms with Gasteiger partial charge >= 0.3 is 0 Å². The van der Waals surface area contributed by atoms with E-state index in [-0.39, 0.29) is 44.4 Å². The molecule has 9 nitrogen and oxygen atoms in total. The van der Waals surface area contributed by atoms with E-state index in [1.165, 1.54) is 4.90 Å². The van der Waals surface area contributed by atoms with Crippen LogP contribution in [0.2, 0.25) is 0 Å². The monoisotopic (exact) mass is 513 g/mol. The van der Waals surface area contributed by atoms with Gasteiger partial charge in [-0.15, -0.1) is 0 Å². The second kappa shape index (κ2) is 9.97. The summed E-state index contributed by atoms with van der Waals surface area (Å²) in [5, 5.41) is -1.77. The molecule has 14 heteroatoms. The lowest BCUT2D eigenvalue weighted by Crippen LogP contribution is -2.75. The summed E-state index contributed by atoms with van der Waals surface area (Å²) in [6.07, 6.45) is 0.459. The molecule has 0 aromatic heterocycles. The smallest absolute Gasteiger partial charge is 0.255 e. The number of piperidine rings is 1. The molecule has 0 aliphatic carbocycles. The molecular weight excluding hydrogens is 492 g/mol. The lowest BCUT2D eigenvalue weighted by molar-refractivity contribution is -0.158. The Labute approximate surface area is 232 Å². The third-order valence-electron chi connectivity index (χ3n) is 7.20. The Hall–Kier alpha value is -3.40. The van der Waals surface area contributed by atoms with Gasteiger partial charge in [-0.1, -0.05) is 30.3 Å². The number of amides is 4. The van der Waals surface area contributed by atoms with E-state index in [9.17, 15) is 19.2 Å². The van der Waals surface area contributed by atoms with Crippen molar-refractivity contribution in [3.8, 4) is 5.75 Å². The van der Waals surface area contributed by atoms with Gasteiger partial charge < -0.3 is 19.3 Å². The van der Waals surface area contributed by atoms with Crippen molar-refractivity contribution < 1.29 is 28.7 Å². The minimum Gasteiger partial charge on any atom is -0.489 e. The van der Waals surface area contributed by atoms with Crippen LogP contribution in [0.5, 0.6) is 5.75 Å². The topological polar surface area (TPSA) is 105 Å². The average molecular weight is 513 g/mol. The quantitative estimate of drug-likeness (QED) is 0.388. The van der Waals surface area contributed by atoms with Gasteiger partial charge in [-0.2, -0.15) is 0 Å². The molecule has 39 heavy (non-hydrogen) atoms. The fourth-order valence-corrected chi connectivity index (χ4v) is 4.89. The molecule has 2 aromatic rings. The summed E-state index contributed by atoms with van der Waals surface area (Å²) < 4.78 is 11.1. The lowest BCUT2D eigenvalue weighted by atomic mass is 9.38. The molecule has 3 aliphatic heterocycles. The Morgan fingerprint density at radius 3 is 2.38 bits per heavy atom. The maximum atomic E-state index is 13.0.